The lowest BCUT2D eigenvalue weighted by atomic mass is 9.94. The molecule has 10 nitrogen and oxygen atoms in total. The van der Waals surface area contributed by atoms with Gasteiger partial charge in [0, 0.05) is 22.0 Å². The van der Waals surface area contributed by atoms with Crippen LogP contribution in [0.4, 0.5) is 10.5 Å². The fourth-order valence-corrected chi connectivity index (χ4v) is 7.77. The monoisotopic (exact) mass is 508 g/mol. The molecule has 4 amide bonds. The number of sulfone groups is 1. The van der Waals surface area contributed by atoms with E-state index in [0.717, 1.165) is 10.4 Å². The maximum absolute atomic E-state index is 13.1. The molecule has 1 aliphatic heterocycles. The standard InChI is InChI=1S/C22H28N4O6S2/c1-2-23-21(29)24-14-20(28)25-16-7-5-6-15(12-16)17-8-9-18(33-17)22(13-19(27)26-30)10-3-4-11-34(22,31)32/h5-9,12,30H,2-4,10-11,13-14H2,1H3,(H,25,28)(H,26,27)(H2,23,24,29)/t22-/m0/s1. The summed E-state index contributed by atoms with van der Waals surface area (Å²) in [6.45, 7) is 2.03. The van der Waals surface area contributed by atoms with Crippen molar-refractivity contribution in [2.75, 3.05) is 24.2 Å². The summed E-state index contributed by atoms with van der Waals surface area (Å²) in [6, 6.07) is 10.1. The first-order chi connectivity index (χ1) is 16.2. The molecule has 5 N–H and O–H groups in total. The Morgan fingerprint density at radius 3 is 2.59 bits per heavy atom. The minimum atomic E-state index is -3.61. The Morgan fingerprint density at radius 1 is 1.09 bits per heavy atom. The van der Waals surface area contributed by atoms with Gasteiger partial charge in [0.1, 0.15) is 4.75 Å². The van der Waals surface area contributed by atoms with Crippen molar-refractivity contribution in [2.24, 2.45) is 0 Å². The van der Waals surface area contributed by atoms with Crippen LogP contribution >= 0.6 is 11.3 Å². The van der Waals surface area contributed by atoms with Gasteiger partial charge in [-0.3, -0.25) is 14.8 Å². The maximum atomic E-state index is 13.1. The van der Waals surface area contributed by atoms with E-state index in [-0.39, 0.29) is 18.7 Å². The fourth-order valence-electron chi connectivity index (χ4n) is 3.99. The molecule has 1 atom stereocenters. The molecule has 0 spiro atoms. The third-order valence-electron chi connectivity index (χ3n) is 5.64. The van der Waals surface area contributed by atoms with Crippen molar-refractivity contribution < 1.29 is 28.0 Å². The van der Waals surface area contributed by atoms with Gasteiger partial charge < -0.3 is 16.0 Å². The summed E-state index contributed by atoms with van der Waals surface area (Å²) in [7, 11) is -3.61. The van der Waals surface area contributed by atoms with Gasteiger partial charge in [0.2, 0.25) is 11.8 Å². The van der Waals surface area contributed by atoms with Crippen LogP contribution in [0, 0.1) is 0 Å². The summed E-state index contributed by atoms with van der Waals surface area (Å²) >= 11 is 1.27. The number of benzene rings is 1. The minimum Gasteiger partial charge on any atom is -0.338 e. The molecule has 0 radical (unpaired) electrons. The lowest BCUT2D eigenvalue weighted by Gasteiger charge is -2.35. The van der Waals surface area contributed by atoms with Gasteiger partial charge in [-0.2, -0.15) is 0 Å². The van der Waals surface area contributed by atoms with Crippen molar-refractivity contribution in [1.29, 1.82) is 0 Å². The van der Waals surface area contributed by atoms with E-state index in [9.17, 15) is 22.8 Å². The zero-order chi connectivity index (χ0) is 24.8. The average molecular weight is 509 g/mol. The van der Waals surface area contributed by atoms with Crippen LogP contribution in [0.3, 0.4) is 0 Å². The summed E-state index contributed by atoms with van der Waals surface area (Å²) in [5.74, 6) is -1.14. The van der Waals surface area contributed by atoms with Gasteiger partial charge in [-0.1, -0.05) is 18.6 Å². The molecule has 34 heavy (non-hydrogen) atoms. The minimum absolute atomic E-state index is 0.00915. The number of nitrogens with one attached hydrogen (secondary N) is 4. The quantitative estimate of drug-likeness (QED) is 0.272. The Hall–Kier alpha value is -2.96. The highest BCUT2D eigenvalue weighted by molar-refractivity contribution is 7.92. The number of hydrogen-bond donors (Lipinski definition) is 5. The predicted octanol–water partition coefficient (Wildman–Crippen LogP) is 2.36. The highest BCUT2D eigenvalue weighted by Crippen LogP contribution is 2.47. The summed E-state index contributed by atoms with van der Waals surface area (Å²) in [5.41, 5.74) is 2.85. The summed E-state index contributed by atoms with van der Waals surface area (Å²) in [5, 5.41) is 16.7. The van der Waals surface area contributed by atoms with Gasteiger partial charge in [-0.05, 0) is 49.6 Å². The number of hydroxylamine groups is 1. The van der Waals surface area contributed by atoms with Crippen molar-refractivity contribution in [1.82, 2.24) is 16.1 Å². The number of urea groups is 1. The lowest BCUT2D eigenvalue weighted by Crippen LogP contribution is -2.43. The highest BCUT2D eigenvalue weighted by atomic mass is 32.2. The third-order valence-corrected chi connectivity index (χ3v) is 9.70. The molecule has 0 saturated carbocycles. The molecule has 12 heteroatoms. The molecule has 184 valence electrons. The van der Waals surface area contributed by atoms with Crippen molar-refractivity contribution in [3.63, 3.8) is 0 Å². The second kappa shape index (κ2) is 11.0. The van der Waals surface area contributed by atoms with E-state index in [1.165, 1.54) is 11.3 Å². The molecule has 0 aliphatic carbocycles. The van der Waals surface area contributed by atoms with Crippen LogP contribution in [0.25, 0.3) is 10.4 Å². The Bertz CT molecular complexity index is 1160. The van der Waals surface area contributed by atoms with E-state index in [4.69, 9.17) is 5.21 Å². The van der Waals surface area contributed by atoms with Gasteiger partial charge in [-0.15, -0.1) is 11.3 Å². The zero-order valence-corrected chi connectivity index (χ0v) is 20.4. The van der Waals surface area contributed by atoms with E-state index in [1.54, 1.807) is 42.7 Å². The molecule has 0 bridgehead atoms. The second-order valence-electron chi connectivity index (χ2n) is 7.99. The predicted molar refractivity (Wildman–Crippen MR) is 129 cm³/mol. The third kappa shape index (κ3) is 5.75. The Labute approximate surface area is 202 Å². The molecule has 3 rings (SSSR count). The molecule has 1 aromatic heterocycles. The van der Waals surface area contributed by atoms with Crippen LogP contribution in [-0.4, -0.2) is 50.3 Å². The van der Waals surface area contributed by atoms with E-state index < -0.39 is 32.4 Å². The normalized spacial score (nSPS) is 19.1. The van der Waals surface area contributed by atoms with Gasteiger partial charge >= 0.3 is 6.03 Å². The van der Waals surface area contributed by atoms with Gasteiger partial charge in [0.05, 0.1) is 18.7 Å². The number of anilines is 1. The van der Waals surface area contributed by atoms with Crippen molar-refractivity contribution in [3.05, 3.63) is 41.3 Å². The molecule has 1 saturated heterocycles. The molecule has 0 unspecified atom stereocenters. The number of hydrogen-bond acceptors (Lipinski definition) is 7. The van der Waals surface area contributed by atoms with Gasteiger partial charge in [0.25, 0.3) is 0 Å². The highest BCUT2D eigenvalue weighted by Gasteiger charge is 2.49. The topological polar surface area (TPSA) is 154 Å². The summed E-state index contributed by atoms with van der Waals surface area (Å²) in [4.78, 5) is 36.9. The Balaban J connectivity index is 1.82. The lowest BCUT2D eigenvalue weighted by molar-refractivity contribution is -0.130. The SMILES string of the molecule is CCNC(=O)NCC(=O)Nc1cccc(-c2ccc([C@@]3(CC(=O)NO)CCCCS3(=O)=O)s2)c1. The maximum Gasteiger partial charge on any atom is 0.315 e. The molecular weight excluding hydrogens is 480 g/mol. The van der Waals surface area contributed by atoms with Gasteiger partial charge in [-0.25, -0.2) is 18.7 Å². The second-order valence-corrected chi connectivity index (χ2v) is 11.5. The van der Waals surface area contributed by atoms with Gasteiger partial charge in [0.15, 0.2) is 9.84 Å². The van der Waals surface area contributed by atoms with Crippen molar-refractivity contribution >= 4 is 44.7 Å². The zero-order valence-electron chi connectivity index (χ0n) is 18.7. The van der Waals surface area contributed by atoms with E-state index in [1.807, 2.05) is 6.07 Å². The van der Waals surface area contributed by atoms with Crippen LogP contribution < -0.4 is 21.4 Å². The molecule has 1 fully saturated rings. The molecule has 2 heterocycles. The van der Waals surface area contributed by atoms with Crippen LogP contribution in [0.2, 0.25) is 0 Å². The number of thiophene rings is 1. The average Bonchev–Trinajstić information content (AvgIpc) is 3.30. The van der Waals surface area contributed by atoms with Crippen molar-refractivity contribution in [3.8, 4) is 10.4 Å². The Kier molecular flexibility index (Phi) is 8.28. The first kappa shape index (κ1) is 25.7. The number of amides is 4. The van der Waals surface area contributed by atoms with E-state index in [2.05, 4.69) is 16.0 Å². The van der Waals surface area contributed by atoms with Crippen LogP contribution in [-0.2, 0) is 24.2 Å². The molecule has 1 aliphatic rings. The number of rotatable bonds is 8. The smallest absolute Gasteiger partial charge is 0.315 e. The van der Waals surface area contributed by atoms with Crippen molar-refractivity contribution in [2.45, 2.75) is 37.4 Å². The molecular formula is C22H28N4O6S2. The fraction of sp³-hybridized carbons (Fsp3) is 0.409. The first-order valence-corrected chi connectivity index (χ1v) is 13.3. The summed E-state index contributed by atoms with van der Waals surface area (Å²) in [6.07, 6.45) is 1.16. The largest absolute Gasteiger partial charge is 0.338 e. The summed E-state index contributed by atoms with van der Waals surface area (Å²) < 4.78 is 24.8. The van der Waals surface area contributed by atoms with E-state index >= 15 is 0 Å². The van der Waals surface area contributed by atoms with Crippen LogP contribution in [0.5, 0.6) is 0 Å². The van der Waals surface area contributed by atoms with Crippen LogP contribution in [0.1, 0.15) is 37.5 Å². The molecule has 2 aromatic rings. The Morgan fingerprint density at radius 2 is 1.88 bits per heavy atom. The number of carbonyl (C=O) groups is 3. The molecule has 1 aromatic carbocycles. The van der Waals surface area contributed by atoms with Crippen LogP contribution in [0.15, 0.2) is 36.4 Å². The first-order valence-electron chi connectivity index (χ1n) is 10.9. The van der Waals surface area contributed by atoms with E-state index in [0.29, 0.717) is 36.4 Å². The number of carbonyl (C=O) groups excluding carboxylic acids is 3.